The third kappa shape index (κ3) is 3.48. The highest BCUT2D eigenvalue weighted by Crippen LogP contribution is 2.69. The lowest BCUT2D eigenvalue weighted by Gasteiger charge is -2.63. The van der Waals surface area contributed by atoms with E-state index in [2.05, 4.69) is 20.8 Å². The first-order valence-corrected chi connectivity index (χ1v) is 13.3. The van der Waals surface area contributed by atoms with Gasteiger partial charge in [0.05, 0.1) is 26.4 Å². The molecule has 1 saturated heterocycles. The Kier molecular flexibility index (Phi) is 5.95. The van der Waals surface area contributed by atoms with E-state index >= 15 is 0 Å². The Labute approximate surface area is 193 Å². The number of esters is 1. The van der Waals surface area contributed by atoms with Gasteiger partial charge in [-0.2, -0.15) is 0 Å². The van der Waals surface area contributed by atoms with Crippen molar-refractivity contribution in [3.63, 3.8) is 0 Å². The van der Waals surface area contributed by atoms with Gasteiger partial charge in [-0.25, -0.2) is 0 Å². The number of carbonyl (C=O) groups excluding carboxylic acids is 1. The van der Waals surface area contributed by atoms with Crippen LogP contribution in [-0.2, 0) is 19.0 Å². The normalized spacial score (nSPS) is 48.0. The quantitative estimate of drug-likeness (QED) is 0.617. The van der Waals surface area contributed by atoms with Gasteiger partial charge in [-0.15, -0.1) is 0 Å². The molecule has 0 amide bonds. The molecule has 5 rings (SSSR count). The van der Waals surface area contributed by atoms with E-state index in [9.17, 15) is 9.90 Å². The lowest BCUT2D eigenvalue weighted by Crippen LogP contribution is -2.60. The zero-order valence-corrected chi connectivity index (χ0v) is 20.6. The summed E-state index contributed by atoms with van der Waals surface area (Å²) in [6, 6.07) is 0. The summed E-state index contributed by atoms with van der Waals surface area (Å²) in [5.74, 6) is 2.84. The molecule has 5 heteroatoms. The maximum atomic E-state index is 11.7. The number of methoxy groups -OCH3 is 1. The summed E-state index contributed by atoms with van der Waals surface area (Å²) in [5, 5.41) is 11.5. The summed E-state index contributed by atoms with van der Waals surface area (Å²) >= 11 is 0. The van der Waals surface area contributed by atoms with Crippen molar-refractivity contribution < 1.29 is 24.1 Å². The largest absolute Gasteiger partial charge is 0.469 e. The minimum Gasteiger partial charge on any atom is -0.469 e. The van der Waals surface area contributed by atoms with E-state index < -0.39 is 0 Å². The molecule has 0 bridgehead atoms. The summed E-state index contributed by atoms with van der Waals surface area (Å²) in [4.78, 5) is 11.7. The zero-order chi connectivity index (χ0) is 22.7. The van der Waals surface area contributed by atoms with E-state index in [4.69, 9.17) is 14.2 Å². The standard InChI is InChI=1S/C27H44O5/c1-17(5-8-23(29)30-4)19-6-7-20-24-21(9-10-26(19,20)3)25(2)11-12-27(31-13-14-32-27)16-18(25)15-22(24)28/h17-22,24,28H,5-16H2,1-4H3/t17-,18+,19?,20?,21?,22-,24?,25+,26-/m1/s1. The van der Waals surface area contributed by atoms with Gasteiger partial charge in [0.25, 0.3) is 0 Å². The van der Waals surface area contributed by atoms with Crippen LogP contribution in [0.2, 0.25) is 0 Å². The Bertz CT molecular complexity index is 717. The second kappa shape index (κ2) is 8.23. The molecule has 0 radical (unpaired) electrons. The third-order valence-corrected chi connectivity index (χ3v) is 11.3. The number of carbonyl (C=O) groups is 1. The number of aliphatic hydroxyl groups excluding tert-OH is 1. The van der Waals surface area contributed by atoms with E-state index in [1.807, 2.05) is 0 Å². The van der Waals surface area contributed by atoms with Crippen LogP contribution < -0.4 is 0 Å². The predicted molar refractivity (Wildman–Crippen MR) is 122 cm³/mol. The first-order chi connectivity index (χ1) is 15.2. The molecule has 5 aliphatic rings. The van der Waals surface area contributed by atoms with Crippen molar-refractivity contribution in [2.45, 2.75) is 96.9 Å². The molecule has 0 aromatic carbocycles. The molecule has 0 aromatic rings. The molecule has 1 heterocycles. The van der Waals surface area contributed by atoms with Crippen molar-refractivity contribution >= 4 is 5.97 Å². The molecule has 4 unspecified atom stereocenters. The Morgan fingerprint density at radius 3 is 2.50 bits per heavy atom. The van der Waals surface area contributed by atoms with Gasteiger partial charge >= 0.3 is 5.97 Å². The molecule has 0 aromatic heterocycles. The average Bonchev–Trinajstić information content (AvgIpc) is 3.37. The van der Waals surface area contributed by atoms with E-state index in [0.29, 0.717) is 60.6 Å². The van der Waals surface area contributed by atoms with Crippen LogP contribution in [0.4, 0.5) is 0 Å². The molecule has 5 fully saturated rings. The third-order valence-electron chi connectivity index (χ3n) is 11.3. The molecule has 1 N–H and O–H groups in total. The maximum Gasteiger partial charge on any atom is 0.305 e. The van der Waals surface area contributed by atoms with Gasteiger partial charge in [0.2, 0.25) is 0 Å². The molecular weight excluding hydrogens is 404 g/mol. The number of rotatable bonds is 4. The van der Waals surface area contributed by atoms with Crippen LogP contribution in [0.3, 0.4) is 0 Å². The Hall–Kier alpha value is -0.650. The van der Waals surface area contributed by atoms with Gasteiger partial charge in [0, 0.05) is 19.3 Å². The number of hydrogen-bond acceptors (Lipinski definition) is 5. The number of ether oxygens (including phenoxy) is 3. The van der Waals surface area contributed by atoms with Crippen molar-refractivity contribution in [2.24, 2.45) is 46.3 Å². The summed E-state index contributed by atoms with van der Waals surface area (Å²) in [7, 11) is 1.48. The van der Waals surface area contributed by atoms with Gasteiger partial charge < -0.3 is 19.3 Å². The summed E-state index contributed by atoms with van der Waals surface area (Å²) in [6.07, 6.45) is 10.2. The zero-order valence-electron chi connectivity index (χ0n) is 20.6. The summed E-state index contributed by atoms with van der Waals surface area (Å²) < 4.78 is 17.1. The first-order valence-electron chi connectivity index (χ1n) is 13.3. The predicted octanol–water partition coefficient (Wildman–Crippen LogP) is 4.95. The molecule has 1 spiro atoms. The van der Waals surface area contributed by atoms with Crippen LogP contribution >= 0.6 is 0 Å². The SMILES string of the molecule is COC(=O)CC[C@@H](C)C1CCC2C3C(CC[C@@]21C)[C@@]1(C)CCC2(C[C@@H]1C[C@H]3O)OCCO2. The van der Waals surface area contributed by atoms with Crippen molar-refractivity contribution in [2.75, 3.05) is 20.3 Å². The lowest BCUT2D eigenvalue weighted by molar-refractivity contribution is -0.243. The minimum absolute atomic E-state index is 0.0905. The van der Waals surface area contributed by atoms with E-state index in [1.165, 1.54) is 32.8 Å². The Balaban J connectivity index is 1.33. The molecular formula is C27H44O5. The van der Waals surface area contributed by atoms with Crippen molar-refractivity contribution in [1.29, 1.82) is 0 Å². The molecule has 4 aliphatic carbocycles. The topological polar surface area (TPSA) is 65.0 Å². The average molecular weight is 449 g/mol. The van der Waals surface area contributed by atoms with Crippen LogP contribution in [0.1, 0.15) is 85.0 Å². The molecule has 32 heavy (non-hydrogen) atoms. The summed E-state index contributed by atoms with van der Waals surface area (Å²) in [6.45, 7) is 8.81. The number of fused-ring (bicyclic) bond motifs is 5. The van der Waals surface area contributed by atoms with Crippen LogP contribution in [0.25, 0.3) is 0 Å². The fraction of sp³-hybridized carbons (Fsp3) is 0.963. The van der Waals surface area contributed by atoms with E-state index in [-0.39, 0.29) is 23.3 Å². The first kappa shape index (κ1) is 23.1. The second-order valence-corrected chi connectivity index (χ2v) is 12.4. The van der Waals surface area contributed by atoms with Crippen molar-refractivity contribution in [1.82, 2.24) is 0 Å². The molecule has 9 atom stereocenters. The maximum absolute atomic E-state index is 11.7. The summed E-state index contributed by atoms with van der Waals surface area (Å²) in [5.41, 5.74) is 0.578. The minimum atomic E-state index is -0.368. The van der Waals surface area contributed by atoms with Crippen LogP contribution in [-0.4, -0.2) is 43.3 Å². The molecule has 5 nitrogen and oxygen atoms in total. The van der Waals surface area contributed by atoms with Crippen molar-refractivity contribution in [3.8, 4) is 0 Å². The highest BCUT2D eigenvalue weighted by Gasteiger charge is 2.64. The van der Waals surface area contributed by atoms with Gasteiger partial charge in [-0.3, -0.25) is 4.79 Å². The van der Waals surface area contributed by atoms with Crippen molar-refractivity contribution in [3.05, 3.63) is 0 Å². The second-order valence-electron chi connectivity index (χ2n) is 12.4. The van der Waals surface area contributed by atoms with Gasteiger partial charge in [0.1, 0.15) is 0 Å². The monoisotopic (exact) mass is 448 g/mol. The van der Waals surface area contributed by atoms with Gasteiger partial charge in [-0.05, 0) is 91.3 Å². The molecule has 1 aliphatic heterocycles. The van der Waals surface area contributed by atoms with Gasteiger partial charge in [-0.1, -0.05) is 20.8 Å². The van der Waals surface area contributed by atoms with E-state index in [1.54, 1.807) is 0 Å². The van der Waals surface area contributed by atoms with Crippen LogP contribution in [0.15, 0.2) is 0 Å². The molecule has 4 saturated carbocycles. The van der Waals surface area contributed by atoms with Crippen LogP contribution in [0, 0.1) is 46.3 Å². The highest BCUT2D eigenvalue weighted by molar-refractivity contribution is 5.69. The fourth-order valence-corrected chi connectivity index (χ4v) is 9.55. The number of aliphatic hydroxyl groups is 1. The Morgan fingerprint density at radius 1 is 1.06 bits per heavy atom. The smallest absolute Gasteiger partial charge is 0.305 e. The van der Waals surface area contributed by atoms with E-state index in [0.717, 1.165) is 32.1 Å². The van der Waals surface area contributed by atoms with Gasteiger partial charge in [0.15, 0.2) is 5.79 Å². The number of hydrogen-bond donors (Lipinski definition) is 1. The highest BCUT2D eigenvalue weighted by atomic mass is 16.7. The Morgan fingerprint density at radius 2 is 1.78 bits per heavy atom. The lowest BCUT2D eigenvalue weighted by atomic mass is 9.43. The fourth-order valence-electron chi connectivity index (χ4n) is 9.55. The molecule has 182 valence electrons. The van der Waals surface area contributed by atoms with Crippen LogP contribution in [0.5, 0.6) is 0 Å².